The maximum atomic E-state index is 13.3. The van der Waals surface area contributed by atoms with E-state index >= 15 is 0 Å². The molecule has 0 N–H and O–H groups in total. The molecule has 0 unspecified atom stereocenters. The molecule has 1 aliphatic rings. The Morgan fingerprint density at radius 1 is 1.04 bits per heavy atom. The van der Waals surface area contributed by atoms with Crippen LogP contribution in [0.4, 0.5) is 5.69 Å². The Hall–Kier alpha value is -2.90. The summed E-state index contributed by atoms with van der Waals surface area (Å²) in [6.45, 7) is 0.338. The number of sulfonamides is 1. The third-order valence-corrected chi connectivity index (χ3v) is 7.29. The number of pyridine rings is 1. The first-order valence-electron chi connectivity index (χ1n) is 8.68. The van der Waals surface area contributed by atoms with Crippen LogP contribution in [0.1, 0.15) is 5.56 Å². The first-order chi connectivity index (χ1) is 13.5. The molecule has 0 radical (unpaired) electrons. The topological polar surface area (TPSA) is 71.8 Å². The summed E-state index contributed by atoms with van der Waals surface area (Å²) < 4.78 is 29.8. The Morgan fingerprint density at radius 3 is 2.68 bits per heavy atom. The lowest BCUT2D eigenvalue weighted by atomic mass is 10.2. The standard InChI is InChI=1S/C20H14ClN3O3S/c21-15-12-17-14(20(25)22-19-7-3-4-9-23(17)19)11-18(15)28(26,27)24-10-8-13-5-1-2-6-16(13)24/h1-7,9,11-12H,8,10H2. The monoisotopic (exact) mass is 411 g/mol. The average Bonchev–Trinajstić information content (AvgIpc) is 3.12. The molecule has 2 aromatic carbocycles. The molecule has 4 aromatic rings. The molecule has 0 atom stereocenters. The van der Waals surface area contributed by atoms with Crippen LogP contribution in [0.3, 0.4) is 0 Å². The number of aromatic nitrogens is 2. The molecule has 0 aliphatic carbocycles. The third kappa shape index (κ3) is 2.43. The summed E-state index contributed by atoms with van der Waals surface area (Å²) in [6, 6.07) is 15.5. The van der Waals surface area contributed by atoms with Crippen molar-refractivity contribution >= 4 is 43.9 Å². The first kappa shape index (κ1) is 17.2. The smallest absolute Gasteiger partial charge is 0.281 e. The molecule has 6 nitrogen and oxygen atoms in total. The van der Waals surface area contributed by atoms with Crippen LogP contribution in [0.25, 0.3) is 16.6 Å². The second kappa shape index (κ2) is 6.05. The molecule has 0 saturated heterocycles. The zero-order chi connectivity index (χ0) is 19.5. The van der Waals surface area contributed by atoms with Gasteiger partial charge in [-0.25, -0.2) is 8.42 Å². The Labute approximate surface area is 165 Å². The zero-order valence-corrected chi connectivity index (χ0v) is 16.1. The Bertz CT molecular complexity index is 1430. The third-order valence-electron chi connectivity index (χ3n) is 5.01. The van der Waals surface area contributed by atoms with Crippen molar-refractivity contribution in [2.45, 2.75) is 11.3 Å². The zero-order valence-electron chi connectivity index (χ0n) is 14.5. The van der Waals surface area contributed by atoms with Gasteiger partial charge in [0.1, 0.15) is 10.5 Å². The number of fused-ring (bicyclic) bond motifs is 4. The summed E-state index contributed by atoms with van der Waals surface area (Å²) in [5, 5.41) is 0.277. The van der Waals surface area contributed by atoms with E-state index in [1.54, 1.807) is 40.9 Å². The number of halogens is 1. The maximum absolute atomic E-state index is 13.3. The van der Waals surface area contributed by atoms with Gasteiger partial charge in [-0.2, -0.15) is 4.98 Å². The normalized spacial score (nSPS) is 14.0. The van der Waals surface area contributed by atoms with Crippen LogP contribution in [0.2, 0.25) is 5.02 Å². The van der Waals surface area contributed by atoms with Crippen LogP contribution in [-0.2, 0) is 16.4 Å². The number of hydrogen-bond acceptors (Lipinski definition) is 4. The first-order valence-corrected chi connectivity index (χ1v) is 10.5. The van der Waals surface area contributed by atoms with E-state index in [1.165, 1.54) is 16.4 Å². The summed E-state index contributed by atoms with van der Waals surface area (Å²) in [6.07, 6.45) is 2.39. The van der Waals surface area contributed by atoms with Gasteiger partial charge in [-0.05, 0) is 42.3 Å². The van der Waals surface area contributed by atoms with E-state index in [0.717, 1.165) is 5.56 Å². The number of hydrogen-bond donors (Lipinski definition) is 0. The fourth-order valence-electron chi connectivity index (χ4n) is 3.68. The highest BCUT2D eigenvalue weighted by molar-refractivity contribution is 7.93. The van der Waals surface area contributed by atoms with E-state index in [2.05, 4.69) is 4.98 Å². The minimum atomic E-state index is -3.92. The second-order valence-electron chi connectivity index (χ2n) is 6.60. The van der Waals surface area contributed by atoms with Crippen LogP contribution < -0.4 is 9.86 Å². The van der Waals surface area contributed by atoms with Gasteiger partial charge in [0.2, 0.25) is 0 Å². The van der Waals surface area contributed by atoms with E-state index in [4.69, 9.17) is 11.6 Å². The lowest BCUT2D eigenvalue weighted by Gasteiger charge is -2.20. The van der Waals surface area contributed by atoms with Crippen molar-refractivity contribution in [2.75, 3.05) is 10.8 Å². The molecule has 0 amide bonds. The molecule has 0 saturated carbocycles. The number of rotatable bonds is 2. The van der Waals surface area contributed by atoms with Gasteiger partial charge in [-0.15, -0.1) is 0 Å². The highest BCUT2D eigenvalue weighted by Crippen LogP contribution is 2.35. The minimum Gasteiger partial charge on any atom is -0.301 e. The lowest BCUT2D eigenvalue weighted by Crippen LogP contribution is -2.29. The van der Waals surface area contributed by atoms with Crippen molar-refractivity contribution in [1.82, 2.24) is 9.38 Å². The number of benzene rings is 2. The van der Waals surface area contributed by atoms with E-state index < -0.39 is 15.6 Å². The summed E-state index contributed by atoms with van der Waals surface area (Å²) in [7, 11) is -3.92. The number of para-hydroxylation sites is 1. The lowest BCUT2D eigenvalue weighted by molar-refractivity contribution is 0.592. The fraction of sp³-hybridized carbons (Fsp3) is 0.100. The van der Waals surface area contributed by atoms with E-state index in [9.17, 15) is 13.2 Å². The summed E-state index contributed by atoms with van der Waals surface area (Å²) in [5.74, 6) is 0. The highest BCUT2D eigenvalue weighted by Gasteiger charge is 2.32. The molecule has 140 valence electrons. The number of anilines is 1. The summed E-state index contributed by atoms with van der Waals surface area (Å²) in [5.41, 5.74) is 2.11. The Morgan fingerprint density at radius 2 is 1.82 bits per heavy atom. The molecular formula is C20H14ClN3O3S. The van der Waals surface area contributed by atoms with Crippen molar-refractivity contribution in [3.63, 3.8) is 0 Å². The average molecular weight is 412 g/mol. The number of nitrogens with zero attached hydrogens (tertiary/aromatic N) is 3. The van der Waals surface area contributed by atoms with Crippen molar-refractivity contribution in [2.24, 2.45) is 0 Å². The van der Waals surface area contributed by atoms with Crippen LogP contribution in [0.5, 0.6) is 0 Å². The van der Waals surface area contributed by atoms with Crippen molar-refractivity contribution in [3.8, 4) is 0 Å². The molecule has 2 aromatic heterocycles. The van der Waals surface area contributed by atoms with E-state index in [1.807, 2.05) is 12.1 Å². The molecule has 3 heterocycles. The van der Waals surface area contributed by atoms with Gasteiger partial charge in [0.05, 0.1) is 21.6 Å². The predicted molar refractivity (Wildman–Crippen MR) is 109 cm³/mol. The molecule has 1 aliphatic heterocycles. The summed E-state index contributed by atoms with van der Waals surface area (Å²) in [4.78, 5) is 16.5. The van der Waals surface area contributed by atoms with Crippen molar-refractivity contribution in [1.29, 1.82) is 0 Å². The largest absolute Gasteiger partial charge is 0.301 e. The highest BCUT2D eigenvalue weighted by atomic mass is 35.5. The quantitative estimate of drug-likeness (QED) is 0.475. The van der Waals surface area contributed by atoms with Gasteiger partial charge in [0, 0.05) is 12.7 Å². The van der Waals surface area contributed by atoms with Gasteiger partial charge in [-0.1, -0.05) is 35.9 Å². The molecule has 0 spiro atoms. The van der Waals surface area contributed by atoms with Crippen LogP contribution in [0, 0.1) is 0 Å². The minimum absolute atomic E-state index is 0.0696. The van der Waals surface area contributed by atoms with Gasteiger partial charge in [0.15, 0.2) is 0 Å². The van der Waals surface area contributed by atoms with Crippen LogP contribution in [0.15, 0.2) is 70.5 Å². The Kier molecular flexibility index (Phi) is 3.72. The SMILES string of the molecule is O=c1nc2ccccn2c2cc(Cl)c(S(=O)(=O)N3CCc4ccccc43)cc12. The Balaban J connectivity index is 1.76. The molecule has 8 heteroatoms. The van der Waals surface area contributed by atoms with E-state index in [-0.39, 0.29) is 15.3 Å². The van der Waals surface area contributed by atoms with Gasteiger partial charge >= 0.3 is 0 Å². The van der Waals surface area contributed by atoms with Crippen molar-refractivity contribution in [3.05, 3.63) is 81.7 Å². The second-order valence-corrected chi connectivity index (χ2v) is 8.84. The summed E-state index contributed by atoms with van der Waals surface area (Å²) >= 11 is 6.40. The molecule has 0 bridgehead atoms. The molecule has 0 fully saturated rings. The maximum Gasteiger partial charge on any atom is 0.281 e. The van der Waals surface area contributed by atoms with E-state index in [0.29, 0.717) is 29.8 Å². The van der Waals surface area contributed by atoms with Gasteiger partial charge < -0.3 is 4.40 Å². The molecular weight excluding hydrogens is 398 g/mol. The molecule has 5 rings (SSSR count). The van der Waals surface area contributed by atoms with Crippen LogP contribution in [-0.4, -0.2) is 24.3 Å². The van der Waals surface area contributed by atoms with Crippen molar-refractivity contribution < 1.29 is 8.42 Å². The van der Waals surface area contributed by atoms with Gasteiger partial charge in [0.25, 0.3) is 15.6 Å². The predicted octanol–water partition coefficient (Wildman–Crippen LogP) is 3.25. The van der Waals surface area contributed by atoms with Gasteiger partial charge in [-0.3, -0.25) is 9.10 Å². The fourth-order valence-corrected chi connectivity index (χ4v) is 5.71. The molecule has 28 heavy (non-hydrogen) atoms. The van der Waals surface area contributed by atoms with Crippen LogP contribution >= 0.6 is 11.6 Å².